The molecule has 4 unspecified atom stereocenters. The van der Waals surface area contributed by atoms with Crippen LogP contribution in [-0.4, -0.2) is 89.8 Å². The Hall–Kier alpha value is -2.93. The van der Waals surface area contributed by atoms with Crippen LogP contribution in [0, 0.1) is 34.0 Å². The summed E-state index contributed by atoms with van der Waals surface area (Å²) in [7, 11) is 0. The lowest BCUT2D eigenvalue weighted by molar-refractivity contribution is -0.142. The molecule has 44 heavy (non-hydrogen) atoms. The molecule has 3 rings (SSSR count). The number of hydrogen-bond acceptors (Lipinski definition) is 8. The molecule has 250 valence electrons. The van der Waals surface area contributed by atoms with Crippen LogP contribution in [0.2, 0.25) is 0 Å². The van der Waals surface area contributed by atoms with Gasteiger partial charge >= 0.3 is 12.1 Å². The molecule has 7 N–H and O–H groups in total. The number of aliphatic hydroxyl groups is 1. The topological polar surface area (TPSA) is 192 Å². The molecule has 0 aromatic rings. The number of primary amides is 1. The number of aliphatic hydroxyl groups excluding tert-OH is 1. The minimum atomic E-state index is -1.28. The summed E-state index contributed by atoms with van der Waals surface area (Å²) in [5.41, 5.74) is 4.01. The highest BCUT2D eigenvalue weighted by Crippen LogP contribution is 2.65. The molecule has 2 aliphatic carbocycles. The summed E-state index contributed by atoms with van der Waals surface area (Å²) < 4.78 is 5.29. The molecular formula is C31H54N6O7. The monoisotopic (exact) mass is 622 g/mol. The van der Waals surface area contributed by atoms with Crippen LogP contribution in [0.3, 0.4) is 0 Å². The SMILES string of the molecule is CCNC(=O)OC[C@@H](NC(=O)NC(C(=O)N1C[C@H]2[C@@H](C1C(O)NC(CC1CC1)C(=O)C(N)=O)C2(C)C)C(C)(C)C)C(C)(C)C. The molecule has 3 fully saturated rings. The van der Waals surface area contributed by atoms with Gasteiger partial charge in [-0.1, -0.05) is 68.2 Å². The molecule has 1 heterocycles. The van der Waals surface area contributed by atoms with Crippen LogP contribution < -0.4 is 27.0 Å². The van der Waals surface area contributed by atoms with Crippen molar-refractivity contribution >= 4 is 29.7 Å². The molecule has 7 atom stereocenters. The summed E-state index contributed by atoms with van der Waals surface area (Å²) in [6.45, 7) is 17.9. The number of carbonyl (C=O) groups excluding carboxylic acids is 5. The first-order chi connectivity index (χ1) is 20.2. The minimum absolute atomic E-state index is 0.0367. The lowest BCUT2D eigenvalue weighted by atomic mass is 9.85. The van der Waals surface area contributed by atoms with Gasteiger partial charge in [0, 0.05) is 13.1 Å². The third-order valence-electron chi connectivity index (χ3n) is 9.51. The van der Waals surface area contributed by atoms with Gasteiger partial charge in [0.1, 0.15) is 18.9 Å². The van der Waals surface area contributed by atoms with Crippen molar-refractivity contribution in [3.8, 4) is 0 Å². The van der Waals surface area contributed by atoms with Gasteiger partial charge in [-0.15, -0.1) is 0 Å². The molecule has 1 aliphatic heterocycles. The van der Waals surface area contributed by atoms with E-state index in [4.69, 9.17) is 10.5 Å². The number of amides is 5. The van der Waals surface area contributed by atoms with Crippen molar-refractivity contribution in [2.45, 2.75) is 112 Å². The Balaban J connectivity index is 1.78. The van der Waals surface area contributed by atoms with Gasteiger partial charge in [-0.2, -0.15) is 0 Å². The number of nitrogens with two attached hydrogens (primary N) is 1. The summed E-state index contributed by atoms with van der Waals surface area (Å²) in [4.78, 5) is 65.4. The van der Waals surface area contributed by atoms with Crippen molar-refractivity contribution in [3.05, 3.63) is 0 Å². The standard InChI is InChI=1S/C31H54N6O7/c1-10-33-28(43)44-15-19(29(2,3)4)35-27(42)36-23(30(5,6)7)26(41)37-14-17-20(31(17,8)9)21(37)25(40)34-18(13-16-11-12-16)22(38)24(32)39/h16-21,23,25,34,40H,10-15H2,1-9H3,(H2,32,39)(H,33,43)(H2,35,36,42)/t17-,18?,19+,20-,21?,23?,25?/m0/s1. The number of nitrogens with one attached hydrogen (secondary N) is 4. The number of ether oxygens (including phenoxy) is 1. The van der Waals surface area contributed by atoms with Crippen molar-refractivity contribution in [2.24, 2.45) is 39.7 Å². The average Bonchev–Trinajstić information content (AvgIpc) is 3.74. The highest BCUT2D eigenvalue weighted by molar-refractivity contribution is 6.37. The minimum Gasteiger partial charge on any atom is -0.447 e. The summed E-state index contributed by atoms with van der Waals surface area (Å²) in [5.74, 6) is -1.82. The van der Waals surface area contributed by atoms with Gasteiger partial charge in [-0.05, 0) is 47.3 Å². The Morgan fingerprint density at radius 1 is 1.02 bits per heavy atom. The quantitative estimate of drug-likeness (QED) is 0.131. The fourth-order valence-electron chi connectivity index (χ4n) is 6.37. The summed E-state index contributed by atoms with van der Waals surface area (Å²) in [6, 6.07) is -3.71. The van der Waals surface area contributed by atoms with Crippen molar-refractivity contribution in [1.82, 2.24) is 26.2 Å². The van der Waals surface area contributed by atoms with E-state index in [1.54, 1.807) is 11.8 Å². The predicted molar refractivity (Wildman–Crippen MR) is 164 cm³/mol. The van der Waals surface area contributed by atoms with Gasteiger partial charge in [0.05, 0.1) is 18.1 Å². The van der Waals surface area contributed by atoms with E-state index in [1.165, 1.54) is 0 Å². The van der Waals surface area contributed by atoms with E-state index in [0.717, 1.165) is 12.8 Å². The summed E-state index contributed by atoms with van der Waals surface area (Å²) in [6.07, 6.45) is 0.413. The van der Waals surface area contributed by atoms with Crippen LogP contribution in [0.4, 0.5) is 9.59 Å². The maximum absolute atomic E-state index is 14.2. The summed E-state index contributed by atoms with van der Waals surface area (Å²) in [5, 5.41) is 22.7. The molecular weight excluding hydrogens is 568 g/mol. The fraction of sp³-hybridized carbons (Fsp3) is 0.839. The maximum Gasteiger partial charge on any atom is 0.407 e. The molecule has 1 saturated heterocycles. The second-order valence-corrected chi connectivity index (χ2v) is 15.5. The number of piperidine rings is 1. The number of fused-ring (bicyclic) bond motifs is 1. The normalized spacial score (nSPS) is 25.1. The van der Waals surface area contributed by atoms with Gasteiger partial charge in [-0.3, -0.25) is 19.7 Å². The lowest BCUT2D eigenvalue weighted by Crippen LogP contribution is -2.63. The van der Waals surface area contributed by atoms with Gasteiger partial charge in [-0.25, -0.2) is 9.59 Å². The smallest absolute Gasteiger partial charge is 0.407 e. The Labute approximate surface area is 261 Å². The van der Waals surface area contributed by atoms with Crippen LogP contribution >= 0.6 is 0 Å². The molecule has 0 radical (unpaired) electrons. The van der Waals surface area contributed by atoms with Crippen molar-refractivity contribution in [2.75, 3.05) is 19.7 Å². The van der Waals surface area contributed by atoms with Gasteiger partial charge in [0.15, 0.2) is 0 Å². The largest absolute Gasteiger partial charge is 0.447 e. The second kappa shape index (κ2) is 13.2. The third-order valence-corrected chi connectivity index (χ3v) is 9.51. The molecule has 0 aromatic carbocycles. The molecule has 13 heteroatoms. The van der Waals surface area contributed by atoms with E-state index in [2.05, 4.69) is 35.1 Å². The maximum atomic E-state index is 14.2. The molecule has 0 aromatic heterocycles. The van der Waals surface area contributed by atoms with Crippen LogP contribution in [-0.2, 0) is 19.1 Å². The van der Waals surface area contributed by atoms with E-state index >= 15 is 0 Å². The number of carbonyl (C=O) groups is 5. The van der Waals surface area contributed by atoms with Crippen molar-refractivity contribution in [3.63, 3.8) is 0 Å². The Morgan fingerprint density at radius 3 is 2.14 bits per heavy atom. The summed E-state index contributed by atoms with van der Waals surface area (Å²) >= 11 is 0. The first-order valence-corrected chi connectivity index (χ1v) is 15.8. The Kier molecular flexibility index (Phi) is 10.7. The van der Waals surface area contributed by atoms with Crippen molar-refractivity contribution < 1.29 is 33.8 Å². The molecule has 3 aliphatic rings. The number of Topliss-reactive ketones (excluding diaryl/α,β-unsaturated/α-hetero) is 1. The Morgan fingerprint density at radius 2 is 1.64 bits per heavy atom. The van der Waals surface area contributed by atoms with E-state index in [9.17, 15) is 29.1 Å². The van der Waals surface area contributed by atoms with Gasteiger partial charge in [0.25, 0.3) is 5.91 Å². The van der Waals surface area contributed by atoms with E-state index in [1.807, 2.05) is 41.5 Å². The number of hydrogen-bond donors (Lipinski definition) is 6. The zero-order valence-corrected chi connectivity index (χ0v) is 27.8. The molecule has 2 saturated carbocycles. The van der Waals surface area contributed by atoms with E-state index < -0.39 is 65.0 Å². The number of alkyl carbamates (subject to hydrolysis) is 1. The highest BCUT2D eigenvalue weighted by atomic mass is 16.5. The van der Waals surface area contributed by atoms with Gasteiger partial charge < -0.3 is 36.4 Å². The third kappa shape index (κ3) is 8.41. The van der Waals surface area contributed by atoms with Crippen LogP contribution in [0.1, 0.15) is 81.6 Å². The second-order valence-electron chi connectivity index (χ2n) is 15.5. The highest BCUT2D eigenvalue weighted by Gasteiger charge is 2.69. The predicted octanol–water partition coefficient (Wildman–Crippen LogP) is 1.48. The first-order valence-electron chi connectivity index (χ1n) is 15.8. The molecule has 5 amide bonds. The average molecular weight is 623 g/mol. The number of likely N-dealkylation sites (tertiary alicyclic amines) is 1. The molecule has 0 bridgehead atoms. The van der Waals surface area contributed by atoms with E-state index in [0.29, 0.717) is 19.5 Å². The van der Waals surface area contributed by atoms with Crippen LogP contribution in [0.25, 0.3) is 0 Å². The number of nitrogens with zero attached hydrogens (tertiary/aromatic N) is 1. The Bertz CT molecular complexity index is 1110. The zero-order chi connectivity index (χ0) is 33.4. The van der Waals surface area contributed by atoms with Crippen LogP contribution in [0.15, 0.2) is 0 Å². The van der Waals surface area contributed by atoms with Gasteiger partial charge in [0.2, 0.25) is 11.7 Å². The molecule has 13 nitrogen and oxygen atoms in total. The number of rotatable bonds is 13. The number of ketones is 1. The van der Waals surface area contributed by atoms with Crippen molar-refractivity contribution in [1.29, 1.82) is 0 Å². The fourth-order valence-corrected chi connectivity index (χ4v) is 6.37. The molecule has 0 spiro atoms. The first kappa shape index (κ1) is 35.5. The van der Waals surface area contributed by atoms with Crippen LogP contribution in [0.5, 0.6) is 0 Å². The lowest BCUT2D eigenvalue weighted by Gasteiger charge is -2.40. The number of urea groups is 1. The van der Waals surface area contributed by atoms with E-state index in [-0.39, 0.29) is 35.7 Å². The zero-order valence-electron chi connectivity index (χ0n) is 27.8.